The summed E-state index contributed by atoms with van der Waals surface area (Å²) in [5, 5.41) is 9.95. The normalized spacial score (nSPS) is 12.7. The van der Waals surface area contributed by atoms with E-state index < -0.39 is 59.5 Å². The van der Waals surface area contributed by atoms with Gasteiger partial charge in [-0.2, -0.15) is 5.10 Å². The number of aromatic amines is 1. The van der Waals surface area contributed by atoms with Crippen LogP contribution in [0, 0.1) is 23.5 Å². The van der Waals surface area contributed by atoms with Crippen LogP contribution in [-0.4, -0.2) is 72.6 Å². The fraction of sp³-hybridized carbons (Fsp3) is 0.333. The molecule has 0 unspecified atom stereocenters. The molecule has 2 heterocycles. The highest BCUT2D eigenvalue weighted by Gasteiger charge is 2.31. The molecule has 1 amide bonds. The van der Waals surface area contributed by atoms with E-state index in [9.17, 15) is 35.2 Å². The number of methoxy groups -OCH3 is 1. The SMILES string of the molecule is COc1ccc(CN(c2n[nH]c3c(-n4c([C@H](Cc5cc(F)cc(F)c5)NC(=O)OC(C)(C)C)nc(C#CC(C)(C)S(C)(=O)=O)cc4=O)ccc(Cl)c23)S(C)(=O)=O)cc1. The molecule has 0 aliphatic heterocycles. The zero-order chi connectivity index (χ0) is 43.0. The second-order valence-electron chi connectivity index (χ2n) is 14.9. The molecule has 3 aromatic carbocycles. The lowest BCUT2D eigenvalue weighted by molar-refractivity contribution is 0.0500. The van der Waals surface area contributed by atoms with Gasteiger partial charge in [0.2, 0.25) is 10.0 Å². The Morgan fingerprint density at radius 2 is 1.62 bits per heavy atom. The first-order chi connectivity index (χ1) is 26.9. The van der Waals surface area contributed by atoms with Crippen molar-refractivity contribution in [3.63, 3.8) is 0 Å². The Labute approximate surface area is 339 Å². The number of amides is 1. The van der Waals surface area contributed by atoms with E-state index >= 15 is 0 Å². The van der Waals surface area contributed by atoms with Crippen LogP contribution in [0.5, 0.6) is 5.75 Å². The van der Waals surface area contributed by atoms with E-state index in [0.717, 1.165) is 39.6 Å². The van der Waals surface area contributed by atoms with Gasteiger partial charge in [-0.1, -0.05) is 29.7 Å². The van der Waals surface area contributed by atoms with Crippen LogP contribution in [0.15, 0.2) is 65.5 Å². The van der Waals surface area contributed by atoms with E-state index in [1.165, 1.54) is 33.1 Å². The molecule has 0 saturated carbocycles. The monoisotopic (exact) mass is 858 g/mol. The lowest BCUT2D eigenvalue weighted by Crippen LogP contribution is -2.39. The Morgan fingerprint density at radius 1 is 0.983 bits per heavy atom. The van der Waals surface area contributed by atoms with E-state index in [1.54, 1.807) is 45.0 Å². The van der Waals surface area contributed by atoms with Crippen LogP contribution in [0.25, 0.3) is 16.6 Å². The second-order valence-corrected chi connectivity index (χ2v) is 19.7. The van der Waals surface area contributed by atoms with Gasteiger partial charge < -0.3 is 14.8 Å². The maximum Gasteiger partial charge on any atom is 0.408 e. The molecule has 19 heteroatoms. The summed E-state index contributed by atoms with van der Waals surface area (Å²) in [6.07, 6.45) is 0.677. The maximum atomic E-state index is 14.5. The van der Waals surface area contributed by atoms with Crippen molar-refractivity contribution >= 4 is 54.3 Å². The molecule has 0 spiro atoms. The van der Waals surface area contributed by atoms with Crippen molar-refractivity contribution in [2.75, 3.05) is 23.9 Å². The van der Waals surface area contributed by atoms with Gasteiger partial charge >= 0.3 is 6.09 Å². The highest BCUT2D eigenvalue weighted by atomic mass is 35.5. The summed E-state index contributed by atoms with van der Waals surface area (Å²) in [7, 11) is -6.24. The van der Waals surface area contributed by atoms with Crippen molar-refractivity contribution in [1.29, 1.82) is 0 Å². The smallest absolute Gasteiger partial charge is 0.408 e. The van der Waals surface area contributed by atoms with Gasteiger partial charge in [-0.15, -0.1) is 0 Å². The Balaban J connectivity index is 1.79. The number of anilines is 1. The number of hydrogen-bond acceptors (Lipinski definition) is 10. The van der Waals surface area contributed by atoms with Gasteiger partial charge in [-0.3, -0.25) is 14.5 Å². The summed E-state index contributed by atoms with van der Waals surface area (Å²) in [5.74, 6) is 3.69. The highest BCUT2D eigenvalue weighted by Crippen LogP contribution is 2.37. The third kappa shape index (κ3) is 10.1. The Kier molecular flexibility index (Phi) is 12.3. The number of hydrogen-bond donors (Lipinski definition) is 2. The maximum absolute atomic E-state index is 14.5. The van der Waals surface area contributed by atoms with Crippen molar-refractivity contribution in [3.8, 4) is 23.3 Å². The van der Waals surface area contributed by atoms with E-state index in [2.05, 4.69) is 32.3 Å². The average Bonchev–Trinajstić information content (AvgIpc) is 3.53. The van der Waals surface area contributed by atoms with Crippen LogP contribution >= 0.6 is 11.6 Å². The molecule has 14 nitrogen and oxygen atoms in total. The number of carbonyl (C=O) groups excluding carboxylic acids is 1. The molecule has 0 radical (unpaired) electrons. The van der Waals surface area contributed by atoms with E-state index in [-0.39, 0.29) is 57.5 Å². The molecular weight excluding hydrogens is 818 g/mol. The molecule has 2 N–H and O–H groups in total. The average molecular weight is 859 g/mol. The van der Waals surface area contributed by atoms with Gasteiger partial charge in [0.25, 0.3) is 5.56 Å². The van der Waals surface area contributed by atoms with E-state index in [1.807, 2.05) is 0 Å². The molecule has 308 valence electrons. The van der Waals surface area contributed by atoms with Crippen molar-refractivity contribution < 1.29 is 39.9 Å². The van der Waals surface area contributed by atoms with Crippen LogP contribution in [-0.2, 0) is 37.6 Å². The number of sulfone groups is 1. The predicted molar refractivity (Wildman–Crippen MR) is 216 cm³/mol. The van der Waals surface area contributed by atoms with Crippen LogP contribution < -0.4 is 19.9 Å². The molecule has 0 aliphatic carbocycles. The predicted octanol–water partition coefficient (Wildman–Crippen LogP) is 6.00. The minimum Gasteiger partial charge on any atom is -0.497 e. The second kappa shape index (κ2) is 16.4. The summed E-state index contributed by atoms with van der Waals surface area (Å²) in [5.41, 5.74) is -1.26. The molecule has 1 atom stereocenters. The van der Waals surface area contributed by atoms with E-state index in [4.69, 9.17) is 21.1 Å². The van der Waals surface area contributed by atoms with Crippen LogP contribution in [0.3, 0.4) is 0 Å². The quantitative estimate of drug-likeness (QED) is 0.150. The molecule has 2 aromatic heterocycles. The lowest BCUT2D eigenvalue weighted by Gasteiger charge is -2.25. The van der Waals surface area contributed by atoms with Crippen LogP contribution in [0.4, 0.5) is 19.4 Å². The lowest BCUT2D eigenvalue weighted by atomic mass is 10.0. The number of nitrogens with one attached hydrogen (secondary N) is 2. The number of benzene rings is 3. The van der Waals surface area contributed by atoms with Gasteiger partial charge in [-0.05, 0) is 88.1 Å². The van der Waals surface area contributed by atoms with Crippen molar-refractivity contribution in [2.45, 2.75) is 64.0 Å². The van der Waals surface area contributed by atoms with Crippen molar-refractivity contribution in [1.82, 2.24) is 25.1 Å². The zero-order valence-electron chi connectivity index (χ0n) is 32.8. The standard InChI is InChI=1S/C39H41ClF2N6O8S2/c1-38(2,3)56-37(50)44-30(19-24-17-25(41)20-26(42)18-24)35-43-27(15-16-39(4,5)57(7,51)52)21-32(49)48(35)31-14-13-29(40)33-34(31)45-46-36(33)47(58(8,53)54)22-23-9-11-28(55-6)12-10-23/h9-14,17-18,20-21,30H,19,22H2,1-8H3,(H,44,50)(H,45,46)/t30-/m0/s1. The number of H-pyrrole nitrogens is 1. The first-order valence-electron chi connectivity index (χ1n) is 17.5. The first kappa shape index (κ1) is 43.6. The topological polar surface area (TPSA) is 183 Å². The summed E-state index contributed by atoms with van der Waals surface area (Å²) < 4.78 is 91.8. The third-order valence-corrected chi connectivity index (χ3v) is 12.1. The van der Waals surface area contributed by atoms with Crippen molar-refractivity contribution in [2.24, 2.45) is 0 Å². The van der Waals surface area contributed by atoms with E-state index in [0.29, 0.717) is 17.4 Å². The van der Waals surface area contributed by atoms with Crippen LogP contribution in [0.1, 0.15) is 63.3 Å². The number of nitrogens with zero attached hydrogens (tertiary/aromatic N) is 4. The van der Waals surface area contributed by atoms with Crippen LogP contribution in [0.2, 0.25) is 5.02 Å². The Bertz CT molecular complexity index is 2720. The number of alkyl carbamates (subject to hydrolysis) is 1. The molecular formula is C39H41ClF2N6O8S2. The number of rotatable bonds is 11. The fourth-order valence-corrected chi connectivity index (χ4v) is 6.95. The molecule has 0 aliphatic rings. The molecule has 5 rings (SSSR count). The Hall–Kier alpha value is -5.51. The molecule has 0 saturated heterocycles. The summed E-state index contributed by atoms with van der Waals surface area (Å²) in [4.78, 5) is 32.4. The number of sulfonamides is 1. The van der Waals surface area contributed by atoms with Gasteiger partial charge in [0.15, 0.2) is 15.7 Å². The van der Waals surface area contributed by atoms with Gasteiger partial charge in [0, 0.05) is 24.8 Å². The third-order valence-electron chi connectivity index (χ3n) is 8.72. The number of aromatic nitrogens is 4. The molecule has 0 bridgehead atoms. The fourth-order valence-electron chi connectivity index (χ4n) is 5.64. The number of carbonyl (C=O) groups is 1. The molecule has 0 fully saturated rings. The number of fused-ring (bicyclic) bond motifs is 1. The summed E-state index contributed by atoms with van der Waals surface area (Å²) in [6, 6.07) is 11.9. The van der Waals surface area contributed by atoms with Gasteiger partial charge in [0.1, 0.15) is 39.3 Å². The zero-order valence-corrected chi connectivity index (χ0v) is 35.2. The van der Waals surface area contributed by atoms with Crippen molar-refractivity contribution in [3.05, 3.63) is 110 Å². The largest absolute Gasteiger partial charge is 0.497 e. The summed E-state index contributed by atoms with van der Waals surface area (Å²) in [6.45, 7) is 7.43. The minimum absolute atomic E-state index is 0.0286. The van der Waals surface area contributed by atoms with Gasteiger partial charge in [-0.25, -0.2) is 39.7 Å². The van der Waals surface area contributed by atoms with Gasteiger partial charge in [0.05, 0.1) is 47.6 Å². The Morgan fingerprint density at radius 3 is 2.19 bits per heavy atom. The number of ether oxygens (including phenoxy) is 2. The summed E-state index contributed by atoms with van der Waals surface area (Å²) >= 11 is 6.74. The molecule has 58 heavy (non-hydrogen) atoms. The first-order valence-corrected chi connectivity index (χ1v) is 21.6. The minimum atomic E-state index is -4.02. The number of halogens is 3. The molecule has 5 aromatic rings. The highest BCUT2D eigenvalue weighted by molar-refractivity contribution is 7.92.